The second kappa shape index (κ2) is 3.94. The van der Waals surface area contributed by atoms with Crippen molar-refractivity contribution in [2.45, 2.75) is 31.5 Å². The number of carbonyl (C=O) groups excluding carboxylic acids is 1. The van der Waals surface area contributed by atoms with Crippen LogP contribution in [0.5, 0.6) is 0 Å². The summed E-state index contributed by atoms with van der Waals surface area (Å²) < 4.78 is 5.24. The highest BCUT2D eigenvalue weighted by Gasteiger charge is 2.47. The first-order chi connectivity index (χ1) is 7.11. The van der Waals surface area contributed by atoms with E-state index in [1.54, 1.807) is 0 Å². The van der Waals surface area contributed by atoms with Gasteiger partial charge in [0.2, 0.25) is 0 Å². The lowest BCUT2D eigenvalue weighted by Crippen LogP contribution is -2.30. The Bertz CT molecular complexity index is 284. The van der Waals surface area contributed by atoms with E-state index in [4.69, 9.17) is 9.84 Å². The van der Waals surface area contributed by atoms with Gasteiger partial charge in [0.15, 0.2) is 0 Å². The Morgan fingerprint density at radius 1 is 1.33 bits per heavy atom. The number of rotatable bonds is 3. The van der Waals surface area contributed by atoms with E-state index in [1.807, 2.05) is 0 Å². The zero-order chi connectivity index (χ0) is 11.0. The van der Waals surface area contributed by atoms with Crippen molar-refractivity contribution in [3.63, 3.8) is 0 Å². The third kappa shape index (κ3) is 1.92. The molecule has 0 aromatic rings. The molecule has 15 heavy (non-hydrogen) atoms. The highest BCUT2D eigenvalue weighted by atomic mass is 16.5. The van der Waals surface area contributed by atoms with E-state index in [-0.39, 0.29) is 30.3 Å². The molecule has 2 bridgehead atoms. The van der Waals surface area contributed by atoms with Crippen LogP contribution in [-0.4, -0.2) is 35.0 Å². The molecule has 0 radical (unpaired) electrons. The third-order valence-electron chi connectivity index (χ3n) is 3.49. The van der Waals surface area contributed by atoms with E-state index in [0.717, 1.165) is 19.3 Å². The van der Waals surface area contributed by atoms with E-state index in [9.17, 15) is 9.90 Å². The molecule has 2 N–H and O–H groups in total. The second-order valence-corrected chi connectivity index (χ2v) is 4.50. The fourth-order valence-corrected chi connectivity index (χ4v) is 2.62. The molecule has 0 amide bonds. The fraction of sp³-hybridized carbons (Fsp3) is 0.727. The molecule has 4 unspecified atom stereocenters. The molecule has 4 nitrogen and oxygen atoms in total. The summed E-state index contributed by atoms with van der Waals surface area (Å²) >= 11 is 0. The first-order valence-corrected chi connectivity index (χ1v) is 5.29. The number of aliphatic hydroxyl groups is 2. The van der Waals surface area contributed by atoms with Crippen molar-refractivity contribution < 1.29 is 19.7 Å². The molecule has 2 rings (SSSR count). The van der Waals surface area contributed by atoms with E-state index < -0.39 is 5.97 Å². The summed E-state index contributed by atoms with van der Waals surface area (Å²) in [6, 6.07) is 0. The molecule has 0 spiro atoms. The van der Waals surface area contributed by atoms with Crippen molar-refractivity contribution in [1.29, 1.82) is 0 Å². The fourth-order valence-electron chi connectivity index (χ4n) is 2.62. The minimum atomic E-state index is -0.510. The average Bonchev–Trinajstić information content (AvgIpc) is 2.75. The average molecular weight is 212 g/mol. The largest absolute Gasteiger partial charge is 0.459 e. The van der Waals surface area contributed by atoms with E-state index in [1.165, 1.54) is 0 Å². The molecule has 0 heterocycles. The van der Waals surface area contributed by atoms with Crippen molar-refractivity contribution in [3.8, 4) is 0 Å². The molecule has 0 aromatic heterocycles. The van der Waals surface area contributed by atoms with Gasteiger partial charge in [0.1, 0.15) is 6.10 Å². The van der Waals surface area contributed by atoms with Gasteiger partial charge in [0, 0.05) is 0 Å². The van der Waals surface area contributed by atoms with Gasteiger partial charge in [-0.15, -0.1) is 0 Å². The topological polar surface area (TPSA) is 66.8 Å². The summed E-state index contributed by atoms with van der Waals surface area (Å²) in [5.74, 6) is 0.0696. The maximum atomic E-state index is 11.3. The van der Waals surface area contributed by atoms with Crippen LogP contribution in [0.3, 0.4) is 0 Å². The molecule has 2 aliphatic rings. The van der Waals surface area contributed by atoms with Gasteiger partial charge in [-0.05, 0) is 31.1 Å². The summed E-state index contributed by atoms with van der Waals surface area (Å²) in [4.78, 5) is 11.3. The van der Waals surface area contributed by atoms with Gasteiger partial charge in [-0.2, -0.15) is 0 Å². The molecule has 0 aromatic carbocycles. The minimum Gasteiger partial charge on any atom is -0.459 e. The van der Waals surface area contributed by atoms with Crippen LogP contribution >= 0.6 is 0 Å². The van der Waals surface area contributed by atoms with Crippen LogP contribution < -0.4 is 0 Å². The second-order valence-electron chi connectivity index (χ2n) is 4.50. The van der Waals surface area contributed by atoms with Crippen LogP contribution in [0, 0.1) is 11.8 Å². The van der Waals surface area contributed by atoms with Gasteiger partial charge < -0.3 is 14.9 Å². The predicted molar refractivity (Wildman–Crippen MR) is 52.9 cm³/mol. The lowest BCUT2D eigenvalue weighted by molar-refractivity contribution is -0.148. The molecule has 4 heteroatoms. The van der Waals surface area contributed by atoms with Crippen molar-refractivity contribution in [2.75, 3.05) is 6.61 Å². The van der Waals surface area contributed by atoms with Gasteiger partial charge in [-0.25, -0.2) is 4.79 Å². The summed E-state index contributed by atoms with van der Waals surface area (Å²) in [6.07, 6.45) is 2.12. The molecule has 2 aliphatic carbocycles. The van der Waals surface area contributed by atoms with Crippen molar-refractivity contribution >= 4 is 5.97 Å². The van der Waals surface area contributed by atoms with Crippen LogP contribution in [0.1, 0.15) is 19.3 Å². The number of esters is 1. The maximum absolute atomic E-state index is 11.3. The van der Waals surface area contributed by atoms with Crippen LogP contribution in [0.4, 0.5) is 0 Å². The zero-order valence-electron chi connectivity index (χ0n) is 8.56. The van der Waals surface area contributed by atoms with E-state index >= 15 is 0 Å². The molecule has 2 fully saturated rings. The van der Waals surface area contributed by atoms with E-state index in [0.29, 0.717) is 5.92 Å². The monoisotopic (exact) mass is 212 g/mol. The van der Waals surface area contributed by atoms with Crippen LogP contribution in [0.2, 0.25) is 0 Å². The molecule has 0 saturated heterocycles. The van der Waals surface area contributed by atoms with Gasteiger partial charge in [-0.3, -0.25) is 0 Å². The summed E-state index contributed by atoms with van der Waals surface area (Å²) in [6.45, 7) is 3.06. The highest BCUT2D eigenvalue weighted by molar-refractivity contribution is 5.88. The van der Waals surface area contributed by atoms with E-state index in [2.05, 4.69) is 6.58 Å². The zero-order valence-corrected chi connectivity index (χ0v) is 8.56. The highest BCUT2D eigenvalue weighted by Crippen LogP contribution is 2.46. The number of fused-ring (bicyclic) bond motifs is 2. The number of carbonyl (C=O) groups is 1. The molecule has 4 atom stereocenters. The lowest BCUT2D eigenvalue weighted by Gasteiger charge is -2.24. The number of hydrogen-bond donors (Lipinski definition) is 2. The van der Waals surface area contributed by atoms with Crippen LogP contribution in [-0.2, 0) is 9.53 Å². The molecular weight excluding hydrogens is 196 g/mol. The Labute approximate surface area is 88.6 Å². The smallest absolute Gasteiger partial charge is 0.336 e. The van der Waals surface area contributed by atoms with Gasteiger partial charge in [0.25, 0.3) is 0 Å². The first kappa shape index (κ1) is 10.6. The van der Waals surface area contributed by atoms with Gasteiger partial charge in [-0.1, -0.05) is 6.58 Å². The number of aliphatic hydroxyl groups excluding tert-OH is 2. The summed E-state index contributed by atoms with van der Waals surface area (Å²) in [5, 5.41) is 18.2. The Hall–Kier alpha value is -0.870. The molecule has 0 aliphatic heterocycles. The standard InChI is InChI=1S/C11H16O4/c1-6(5-12)11(14)15-10-4-7-2-8(10)3-9(7)13/h7-10,12-13H,1-5H2. The Kier molecular flexibility index (Phi) is 2.80. The normalized spacial score (nSPS) is 38.0. The van der Waals surface area contributed by atoms with Crippen molar-refractivity contribution in [1.82, 2.24) is 0 Å². The summed E-state index contributed by atoms with van der Waals surface area (Å²) in [5.41, 5.74) is 0.0957. The minimum absolute atomic E-state index is 0.0887. The Morgan fingerprint density at radius 2 is 2.07 bits per heavy atom. The third-order valence-corrected chi connectivity index (χ3v) is 3.49. The lowest BCUT2D eigenvalue weighted by atomic mass is 9.95. The SMILES string of the molecule is C=C(CO)C(=O)OC1CC2CC1CC2O. The molecule has 2 saturated carbocycles. The van der Waals surface area contributed by atoms with Crippen LogP contribution in [0.25, 0.3) is 0 Å². The Balaban J connectivity index is 1.88. The first-order valence-electron chi connectivity index (χ1n) is 5.29. The Morgan fingerprint density at radius 3 is 2.53 bits per heavy atom. The van der Waals surface area contributed by atoms with Crippen molar-refractivity contribution in [3.05, 3.63) is 12.2 Å². The van der Waals surface area contributed by atoms with Gasteiger partial charge >= 0.3 is 5.97 Å². The maximum Gasteiger partial charge on any atom is 0.336 e. The predicted octanol–water partition coefficient (Wildman–Crippen LogP) is 0.238. The quantitative estimate of drug-likeness (QED) is 0.519. The number of ether oxygens (including phenoxy) is 1. The molecular formula is C11H16O4. The summed E-state index contributed by atoms with van der Waals surface area (Å²) in [7, 11) is 0. The number of hydrogen-bond acceptors (Lipinski definition) is 4. The van der Waals surface area contributed by atoms with Crippen LogP contribution in [0.15, 0.2) is 12.2 Å². The van der Waals surface area contributed by atoms with Gasteiger partial charge in [0.05, 0.1) is 18.3 Å². The van der Waals surface area contributed by atoms with Crippen molar-refractivity contribution in [2.24, 2.45) is 11.8 Å². The molecule has 84 valence electrons.